The summed E-state index contributed by atoms with van der Waals surface area (Å²) >= 11 is 4.55. The van der Waals surface area contributed by atoms with Gasteiger partial charge in [-0.3, -0.25) is 5.43 Å². The molecule has 0 saturated heterocycles. The van der Waals surface area contributed by atoms with Crippen molar-refractivity contribution in [2.75, 3.05) is 0 Å². The van der Waals surface area contributed by atoms with Crippen LogP contribution in [-0.2, 0) is 0 Å². The predicted octanol–water partition coefficient (Wildman–Crippen LogP) is -0.332. The quantitative estimate of drug-likeness (QED) is 0.373. The first-order chi connectivity index (χ1) is 5.79. The van der Waals surface area contributed by atoms with Gasteiger partial charge in [-0.15, -0.1) is 0 Å². The van der Waals surface area contributed by atoms with Crippen LogP contribution in [0.2, 0.25) is 0 Å². The van der Waals surface area contributed by atoms with Gasteiger partial charge < -0.3 is 5.73 Å². The van der Waals surface area contributed by atoms with Crippen molar-refractivity contribution in [2.24, 2.45) is 10.8 Å². The van der Waals surface area contributed by atoms with E-state index in [1.165, 1.54) is 0 Å². The lowest BCUT2D eigenvalue weighted by Gasteiger charge is -1.90. The molecular formula is C7H9N4S+. The van der Waals surface area contributed by atoms with Crippen LogP contribution in [0, 0.1) is 0 Å². The van der Waals surface area contributed by atoms with Crippen molar-refractivity contribution in [3.63, 3.8) is 0 Å². The molecule has 0 amide bonds. The van der Waals surface area contributed by atoms with Crippen molar-refractivity contribution in [1.29, 1.82) is 0 Å². The summed E-state index contributed by atoms with van der Waals surface area (Å²) < 4.78 is 0. The first kappa shape index (κ1) is 8.61. The van der Waals surface area contributed by atoms with Crippen LogP contribution in [0.1, 0.15) is 5.69 Å². The molecule has 0 aliphatic carbocycles. The molecule has 4 nitrogen and oxygen atoms in total. The molecule has 0 aliphatic heterocycles. The predicted molar refractivity (Wildman–Crippen MR) is 50.5 cm³/mol. The molecule has 1 aromatic rings. The van der Waals surface area contributed by atoms with Gasteiger partial charge in [-0.05, 0) is 18.3 Å². The fourth-order valence-electron chi connectivity index (χ4n) is 0.653. The zero-order chi connectivity index (χ0) is 8.81. The molecule has 0 aliphatic rings. The summed E-state index contributed by atoms with van der Waals surface area (Å²) in [6.07, 6.45) is 3.40. The van der Waals surface area contributed by atoms with Crippen molar-refractivity contribution in [2.45, 2.75) is 0 Å². The summed E-state index contributed by atoms with van der Waals surface area (Å²) in [6, 6.07) is 5.67. The van der Waals surface area contributed by atoms with Crippen molar-refractivity contribution >= 4 is 23.5 Å². The summed E-state index contributed by atoms with van der Waals surface area (Å²) in [5, 5.41) is 3.92. The number of nitrogens with two attached hydrogens (primary N) is 1. The van der Waals surface area contributed by atoms with Gasteiger partial charge in [0.25, 0.3) is 0 Å². The SMILES string of the molecule is NC(=S)NN=Cc1cccc[nH+]1. The Kier molecular flexibility index (Phi) is 3.16. The van der Waals surface area contributed by atoms with Gasteiger partial charge in [-0.2, -0.15) is 5.10 Å². The van der Waals surface area contributed by atoms with E-state index in [-0.39, 0.29) is 5.11 Å². The van der Waals surface area contributed by atoms with E-state index in [2.05, 4.69) is 27.7 Å². The summed E-state index contributed by atoms with van der Waals surface area (Å²) in [6.45, 7) is 0. The van der Waals surface area contributed by atoms with Crippen molar-refractivity contribution < 1.29 is 4.98 Å². The molecule has 0 fully saturated rings. The smallest absolute Gasteiger partial charge is 0.223 e. The van der Waals surface area contributed by atoms with Crippen molar-refractivity contribution in [3.05, 3.63) is 30.1 Å². The third-order valence-corrected chi connectivity index (χ3v) is 1.20. The molecule has 0 saturated carbocycles. The van der Waals surface area contributed by atoms with Crippen LogP contribution in [0.15, 0.2) is 29.5 Å². The summed E-state index contributed by atoms with van der Waals surface area (Å²) in [5.41, 5.74) is 8.48. The monoisotopic (exact) mass is 181 g/mol. The average Bonchev–Trinajstić information content (AvgIpc) is 2.05. The van der Waals surface area contributed by atoms with Crippen LogP contribution in [0.25, 0.3) is 0 Å². The van der Waals surface area contributed by atoms with Crippen LogP contribution in [0.4, 0.5) is 0 Å². The van der Waals surface area contributed by atoms with Crippen LogP contribution < -0.4 is 16.1 Å². The average molecular weight is 181 g/mol. The minimum absolute atomic E-state index is 0.155. The Bertz CT molecular complexity index is 283. The number of aromatic amines is 1. The second kappa shape index (κ2) is 4.40. The highest BCUT2D eigenvalue weighted by atomic mass is 32.1. The van der Waals surface area contributed by atoms with E-state index in [1.54, 1.807) is 6.21 Å². The van der Waals surface area contributed by atoms with E-state index in [9.17, 15) is 0 Å². The molecule has 1 rings (SSSR count). The van der Waals surface area contributed by atoms with Crippen molar-refractivity contribution in [1.82, 2.24) is 5.43 Å². The number of hydrogen-bond donors (Lipinski definition) is 2. The summed E-state index contributed by atoms with van der Waals surface area (Å²) in [4.78, 5) is 2.97. The third-order valence-electron chi connectivity index (χ3n) is 1.11. The number of rotatable bonds is 2. The van der Waals surface area contributed by atoms with Gasteiger partial charge >= 0.3 is 0 Å². The highest BCUT2D eigenvalue weighted by molar-refractivity contribution is 7.80. The Labute approximate surface area is 75.5 Å². The number of nitrogens with one attached hydrogen (secondary N) is 2. The van der Waals surface area contributed by atoms with E-state index >= 15 is 0 Å². The van der Waals surface area contributed by atoms with E-state index in [0.717, 1.165) is 5.69 Å². The molecule has 12 heavy (non-hydrogen) atoms. The fourth-order valence-corrected chi connectivity index (χ4v) is 0.706. The van der Waals surface area contributed by atoms with E-state index in [4.69, 9.17) is 5.73 Å². The number of hydrazone groups is 1. The number of H-pyrrole nitrogens is 1. The van der Waals surface area contributed by atoms with Crippen LogP contribution in [-0.4, -0.2) is 11.3 Å². The molecule has 4 N–H and O–H groups in total. The minimum Gasteiger partial charge on any atom is -0.375 e. The van der Waals surface area contributed by atoms with Gasteiger partial charge in [-0.25, -0.2) is 4.98 Å². The Hall–Kier alpha value is -1.49. The van der Waals surface area contributed by atoms with E-state index < -0.39 is 0 Å². The largest absolute Gasteiger partial charge is 0.375 e. The van der Waals surface area contributed by atoms with Gasteiger partial charge in [0.1, 0.15) is 6.21 Å². The van der Waals surface area contributed by atoms with E-state index in [0.29, 0.717) is 0 Å². The van der Waals surface area contributed by atoms with Gasteiger partial charge in [-0.1, -0.05) is 0 Å². The number of pyridine rings is 1. The highest BCUT2D eigenvalue weighted by Gasteiger charge is 1.91. The molecule has 1 aromatic heterocycles. The minimum atomic E-state index is 0.155. The van der Waals surface area contributed by atoms with Crippen LogP contribution >= 0.6 is 12.2 Å². The topological polar surface area (TPSA) is 64.5 Å². The van der Waals surface area contributed by atoms with E-state index in [1.807, 2.05) is 24.4 Å². The first-order valence-electron chi connectivity index (χ1n) is 3.34. The Morgan fingerprint density at radius 2 is 2.50 bits per heavy atom. The third kappa shape index (κ3) is 3.07. The Morgan fingerprint density at radius 1 is 1.67 bits per heavy atom. The Morgan fingerprint density at radius 3 is 3.08 bits per heavy atom. The lowest BCUT2D eigenvalue weighted by Crippen LogP contribution is -2.24. The molecule has 62 valence electrons. The van der Waals surface area contributed by atoms with Gasteiger partial charge in [0.05, 0.1) is 0 Å². The maximum Gasteiger partial charge on any atom is 0.223 e. The Balaban J connectivity index is 2.52. The van der Waals surface area contributed by atoms with Gasteiger partial charge in [0, 0.05) is 12.1 Å². The molecule has 0 unspecified atom stereocenters. The number of hydrogen-bond acceptors (Lipinski definition) is 2. The van der Waals surface area contributed by atoms with Crippen LogP contribution in [0.3, 0.4) is 0 Å². The molecular weight excluding hydrogens is 172 g/mol. The first-order valence-corrected chi connectivity index (χ1v) is 3.75. The number of thiocarbonyl (C=S) groups is 1. The number of aromatic nitrogens is 1. The molecule has 0 bridgehead atoms. The maximum absolute atomic E-state index is 5.15. The maximum atomic E-state index is 5.15. The second-order valence-corrected chi connectivity index (χ2v) is 2.49. The molecule has 0 radical (unpaired) electrons. The highest BCUT2D eigenvalue weighted by Crippen LogP contribution is 1.81. The lowest BCUT2D eigenvalue weighted by atomic mass is 10.4. The standard InChI is InChI=1S/C7H8N4S/c8-7(12)11-10-5-6-3-1-2-4-9-6/h1-5H,(H3,8,11,12)/p+1. The number of nitrogens with zero attached hydrogens (tertiary/aromatic N) is 1. The molecule has 0 spiro atoms. The summed E-state index contributed by atoms with van der Waals surface area (Å²) in [7, 11) is 0. The summed E-state index contributed by atoms with van der Waals surface area (Å²) in [5.74, 6) is 0. The van der Waals surface area contributed by atoms with Crippen molar-refractivity contribution in [3.8, 4) is 0 Å². The molecule has 1 heterocycles. The molecule has 0 aromatic carbocycles. The van der Waals surface area contributed by atoms with Crippen LogP contribution in [0.5, 0.6) is 0 Å². The second-order valence-electron chi connectivity index (χ2n) is 2.05. The lowest BCUT2D eigenvalue weighted by molar-refractivity contribution is -0.379. The van der Waals surface area contributed by atoms with Gasteiger partial charge in [0.15, 0.2) is 11.3 Å². The zero-order valence-electron chi connectivity index (χ0n) is 6.32. The zero-order valence-corrected chi connectivity index (χ0v) is 7.14. The molecule has 0 atom stereocenters. The fraction of sp³-hybridized carbons (Fsp3) is 0. The molecule has 5 heteroatoms. The van der Waals surface area contributed by atoms with Gasteiger partial charge in [0.2, 0.25) is 5.69 Å². The normalized spacial score (nSPS) is 10.0.